The number of carboxylic acids is 1. The van der Waals surface area contributed by atoms with Gasteiger partial charge in [-0.1, -0.05) is 19.1 Å². The summed E-state index contributed by atoms with van der Waals surface area (Å²) in [7, 11) is 0. The van der Waals surface area contributed by atoms with Crippen molar-refractivity contribution < 1.29 is 14.3 Å². The van der Waals surface area contributed by atoms with Crippen molar-refractivity contribution in [1.29, 1.82) is 0 Å². The Balaban J connectivity index is 1.57. The van der Waals surface area contributed by atoms with Gasteiger partial charge in [0.2, 0.25) is 11.8 Å². The van der Waals surface area contributed by atoms with Gasteiger partial charge in [-0.2, -0.15) is 0 Å². The molecule has 6 heteroatoms. The summed E-state index contributed by atoms with van der Waals surface area (Å²) < 4.78 is 5.73. The maximum atomic E-state index is 10.9. The molecule has 2 heterocycles. The van der Waals surface area contributed by atoms with E-state index < -0.39 is 5.97 Å². The van der Waals surface area contributed by atoms with Crippen molar-refractivity contribution in [3.63, 3.8) is 0 Å². The molecule has 122 valence electrons. The van der Waals surface area contributed by atoms with Crippen LogP contribution in [0.3, 0.4) is 0 Å². The van der Waals surface area contributed by atoms with E-state index in [9.17, 15) is 4.79 Å². The van der Waals surface area contributed by atoms with E-state index in [0.29, 0.717) is 11.5 Å². The molecule has 3 rings (SSSR count). The lowest BCUT2D eigenvalue weighted by Crippen LogP contribution is -2.19. The molecule has 1 aromatic heterocycles. The number of nitrogens with zero attached hydrogens (tertiary/aromatic N) is 3. The van der Waals surface area contributed by atoms with Crippen LogP contribution in [-0.4, -0.2) is 39.3 Å². The van der Waals surface area contributed by atoms with E-state index in [4.69, 9.17) is 9.52 Å². The van der Waals surface area contributed by atoms with Gasteiger partial charge in [0.1, 0.15) is 0 Å². The summed E-state index contributed by atoms with van der Waals surface area (Å²) >= 11 is 0. The second-order valence-electron chi connectivity index (χ2n) is 6.01. The topological polar surface area (TPSA) is 79.5 Å². The Kier molecular flexibility index (Phi) is 4.71. The van der Waals surface area contributed by atoms with Crippen LogP contribution < -0.4 is 0 Å². The summed E-state index contributed by atoms with van der Waals surface area (Å²) in [4.78, 5) is 13.2. The average Bonchev–Trinajstić information content (AvgIpc) is 3.17. The molecule has 1 N–H and O–H groups in total. The summed E-state index contributed by atoms with van der Waals surface area (Å²) in [6, 6.07) is 7.06. The molecular formula is C17H21N3O3. The van der Waals surface area contributed by atoms with Crippen LogP contribution >= 0.6 is 0 Å². The van der Waals surface area contributed by atoms with Crippen molar-refractivity contribution in [2.45, 2.75) is 38.6 Å². The van der Waals surface area contributed by atoms with Gasteiger partial charge in [0, 0.05) is 19.5 Å². The molecule has 1 atom stereocenters. The molecule has 0 bridgehead atoms. The minimum atomic E-state index is -0.892. The van der Waals surface area contributed by atoms with Crippen LogP contribution in [-0.2, 0) is 13.0 Å². The second kappa shape index (κ2) is 6.91. The molecule has 0 radical (unpaired) electrons. The third-order valence-electron chi connectivity index (χ3n) is 4.18. The molecule has 1 aliphatic heterocycles. The predicted molar refractivity (Wildman–Crippen MR) is 84.3 cm³/mol. The van der Waals surface area contributed by atoms with E-state index in [1.54, 1.807) is 12.1 Å². The van der Waals surface area contributed by atoms with Gasteiger partial charge in [0.25, 0.3) is 0 Å². The highest BCUT2D eigenvalue weighted by atomic mass is 16.4. The molecule has 1 aromatic carbocycles. The lowest BCUT2D eigenvalue weighted by molar-refractivity contribution is 0.0697. The summed E-state index contributed by atoms with van der Waals surface area (Å²) in [6.07, 6.45) is 2.85. The fraction of sp³-hybridized carbons (Fsp3) is 0.471. The Labute approximate surface area is 135 Å². The van der Waals surface area contributed by atoms with Crippen LogP contribution in [0.25, 0.3) is 0 Å². The van der Waals surface area contributed by atoms with E-state index in [0.717, 1.165) is 56.2 Å². The fourth-order valence-electron chi connectivity index (χ4n) is 2.94. The first kappa shape index (κ1) is 15.7. The van der Waals surface area contributed by atoms with Crippen LogP contribution in [0.2, 0.25) is 0 Å². The van der Waals surface area contributed by atoms with Gasteiger partial charge in [-0.3, -0.25) is 4.90 Å². The van der Waals surface area contributed by atoms with Gasteiger partial charge in [0.05, 0.1) is 11.5 Å². The number of aryl methyl sites for hydroxylation is 1. The molecular weight excluding hydrogens is 294 g/mol. The quantitative estimate of drug-likeness (QED) is 0.883. The minimum absolute atomic E-state index is 0.298. The normalized spacial score (nSPS) is 18.4. The van der Waals surface area contributed by atoms with E-state index in [1.165, 1.54) is 0 Å². The Morgan fingerprint density at radius 1 is 1.35 bits per heavy atom. The summed E-state index contributed by atoms with van der Waals surface area (Å²) in [5.41, 5.74) is 1.44. The van der Waals surface area contributed by atoms with Crippen molar-refractivity contribution in [3.05, 3.63) is 47.2 Å². The van der Waals surface area contributed by atoms with Crippen LogP contribution in [0.4, 0.5) is 0 Å². The molecule has 0 aliphatic carbocycles. The van der Waals surface area contributed by atoms with Gasteiger partial charge in [0.15, 0.2) is 0 Å². The molecule has 1 aliphatic rings. The number of benzene rings is 1. The van der Waals surface area contributed by atoms with Gasteiger partial charge in [-0.25, -0.2) is 4.79 Å². The molecule has 1 fully saturated rings. The van der Waals surface area contributed by atoms with Gasteiger partial charge >= 0.3 is 5.97 Å². The molecule has 1 saturated heterocycles. The van der Waals surface area contributed by atoms with Gasteiger partial charge < -0.3 is 9.52 Å². The maximum Gasteiger partial charge on any atom is 0.335 e. The lowest BCUT2D eigenvalue weighted by Gasteiger charge is -2.15. The highest BCUT2D eigenvalue weighted by Crippen LogP contribution is 2.27. The van der Waals surface area contributed by atoms with E-state index >= 15 is 0 Å². The number of rotatable bonds is 6. The monoisotopic (exact) mass is 315 g/mol. The Hall–Kier alpha value is -2.21. The van der Waals surface area contributed by atoms with E-state index in [-0.39, 0.29) is 0 Å². The number of carbonyl (C=O) groups is 1. The zero-order valence-corrected chi connectivity index (χ0v) is 13.2. The third-order valence-corrected chi connectivity index (χ3v) is 4.18. The molecule has 0 spiro atoms. The first-order chi connectivity index (χ1) is 11.2. The fourth-order valence-corrected chi connectivity index (χ4v) is 2.94. The van der Waals surface area contributed by atoms with Gasteiger partial charge in [-0.15, -0.1) is 10.2 Å². The minimum Gasteiger partial charge on any atom is -0.478 e. The number of carboxylic acid groups (broad SMARTS) is 1. The lowest BCUT2D eigenvalue weighted by atomic mass is 10.1. The highest BCUT2D eigenvalue weighted by molar-refractivity contribution is 5.87. The molecule has 6 nitrogen and oxygen atoms in total. The summed E-state index contributed by atoms with van der Waals surface area (Å²) in [5.74, 6) is 0.880. The number of likely N-dealkylation sites (tertiary alicyclic amines) is 1. The molecule has 2 aromatic rings. The first-order valence-corrected chi connectivity index (χ1v) is 8.02. The molecule has 23 heavy (non-hydrogen) atoms. The first-order valence-electron chi connectivity index (χ1n) is 8.02. The van der Waals surface area contributed by atoms with Crippen molar-refractivity contribution in [2.24, 2.45) is 0 Å². The summed E-state index contributed by atoms with van der Waals surface area (Å²) in [6.45, 7) is 4.79. The van der Waals surface area contributed by atoms with Crippen LogP contribution in [0, 0.1) is 0 Å². The zero-order chi connectivity index (χ0) is 16.2. The predicted octanol–water partition coefficient (Wildman–Crippen LogP) is 2.71. The SMILES string of the molecule is CCCc1nnc([C@H]2CCN(Cc3ccc(C(=O)O)cc3)C2)o1. The number of aromatic nitrogens is 2. The van der Waals surface area contributed by atoms with Crippen molar-refractivity contribution in [2.75, 3.05) is 13.1 Å². The smallest absolute Gasteiger partial charge is 0.335 e. The second-order valence-corrected chi connectivity index (χ2v) is 6.01. The largest absolute Gasteiger partial charge is 0.478 e. The van der Waals surface area contributed by atoms with E-state index in [2.05, 4.69) is 22.0 Å². The Bertz CT molecular complexity index is 666. The standard InChI is InChI=1S/C17H21N3O3/c1-2-3-15-18-19-16(23-15)14-8-9-20(11-14)10-12-4-6-13(7-5-12)17(21)22/h4-7,14H,2-3,8-11H2,1H3,(H,21,22)/t14-/m0/s1. The van der Waals surface area contributed by atoms with E-state index in [1.807, 2.05) is 12.1 Å². The molecule has 0 amide bonds. The number of hydrogen-bond acceptors (Lipinski definition) is 5. The van der Waals surface area contributed by atoms with Crippen molar-refractivity contribution >= 4 is 5.97 Å². The van der Waals surface area contributed by atoms with Gasteiger partial charge in [-0.05, 0) is 37.1 Å². The Morgan fingerprint density at radius 2 is 2.13 bits per heavy atom. The molecule has 0 unspecified atom stereocenters. The van der Waals surface area contributed by atoms with Crippen molar-refractivity contribution in [1.82, 2.24) is 15.1 Å². The molecule has 0 saturated carbocycles. The third kappa shape index (κ3) is 3.76. The van der Waals surface area contributed by atoms with Crippen LogP contribution in [0.5, 0.6) is 0 Å². The number of hydrogen-bond donors (Lipinski definition) is 1. The van der Waals surface area contributed by atoms with Crippen molar-refractivity contribution in [3.8, 4) is 0 Å². The number of aromatic carboxylic acids is 1. The maximum absolute atomic E-state index is 10.9. The zero-order valence-electron chi connectivity index (χ0n) is 13.2. The average molecular weight is 315 g/mol. The Morgan fingerprint density at radius 3 is 2.83 bits per heavy atom. The van der Waals surface area contributed by atoms with Crippen LogP contribution in [0.15, 0.2) is 28.7 Å². The van der Waals surface area contributed by atoms with Crippen LogP contribution in [0.1, 0.15) is 53.4 Å². The highest BCUT2D eigenvalue weighted by Gasteiger charge is 2.28. The summed E-state index contributed by atoms with van der Waals surface area (Å²) in [5, 5.41) is 17.2.